The highest BCUT2D eigenvalue weighted by atomic mass is 16.5. The van der Waals surface area contributed by atoms with E-state index in [0.717, 1.165) is 22.3 Å². The number of esters is 1. The summed E-state index contributed by atoms with van der Waals surface area (Å²) in [4.78, 5) is 40.7. The van der Waals surface area contributed by atoms with E-state index >= 15 is 0 Å². The van der Waals surface area contributed by atoms with Crippen molar-refractivity contribution in [2.24, 2.45) is 0 Å². The molecule has 4 rings (SSSR count). The molecule has 0 saturated heterocycles. The molecule has 0 aliphatic carbocycles. The van der Waals surface area contributed by atoms with E-state index in [-0.39, 0.29) is 19.6 Å². The molecule has 0 spiro atoms. The van der Waals surface area contributed by atoms with Crippen molar-refractivity contribution in [3.05, 3.63) is 95.1 Å². The molecule has 1 heterocycles. The number of hydrogen-bond donors (Lipinski definition) is 2. The number of nitrogens with zero attached hydrogens (tertiary/aromatic N) is 1. The number of aryl methyl sites for hydroxylation is 1. The summed E-state index contributed by atoms with van der Waals surface area (Å²) in [5.41, 5.74) is 3.51. The van der Waals surface area contributed by atoms with Gasteiger partial charge < -0.3 is 24.2 Å². The van der Waals surface area contributed by atoms with E-state index in [1.165, 1.54) is 12.0 Å². The maximum absolute atomic E-state index is 13.8. The van der Waals surface area contributed by atoms with Gasteiger partial charge >= 0.3 is 11.9 Å². The minimum atomic E-state index is -1.04. The fraction of sp³-hybridized carbons (Fsp3) is 0.344. The quantitative estimate of drug-likeness (QED) is 0.322. The molecule has 41 heavy (non-hydrogen) atoms. The normalized spacial score (nSPS) is 15.8. The highest BCUT2D eigenvalue weighted by Gasteiger charge is 2.39. The van der Waals surface area contributed by atoms with Crippen LogP contribution in [0.15, 0.2) is 72.8 Å². The van der Waals surface area contributed by atoms with Gasteiger partial charge in [0.1, 0.15) is 18.7 Å². The summed E-state index contributed by atoms with van der Waals surface area (Å²) in [6.45, 7) is 1.83. The van der Waals surface area contributed by atoms with Crippen LogP contribution in [0.2, 0.25) is 0 Å². The Morgan fingerprint density at radius 2 is 1.51 bits per heavy atom. The summed E-state index contributed by atoms with van der Waals surface area (Å²) in [6, 6.07) is 19.8. The topological polar surface area (TPSA) is 114 Å². The minimum absolute atomic E-state index is 0.0748. The molecule has 0 fully saturated rings. The van der Waals surface area contributed by atoms with Gasteiger partial charge in [-0.2, -0.15) is 0 Å². The Balaban J connectivity index is 1.54. The van der Waals surface area contributed by atoms with E-state index in [2.05, 4.69) is 5.32 Å². The van der Waals surface area contributed by atoms with Crippen molar-refractivity contribution in [3.8, 4) is 11.5 Å². The second kappa shape index (κ2) is 13.8. The van der Waals surface area contributed by atoms with Crippen LogP contribution in [0.4, 0.5) is 0 Å². The number of methoxy groups -OCH3 is 2. The van der Waals surface area contributed by atoms with Crippen molar-refractivity contribution in [2.45, 2.75) is 57.5 Å². The second-order valence-corrected chi connectivity index (χ2v) is 10.1. The molecule has 216 valence electrons. The molecule has 0 saturated carbocycles. The third-order valence-electron chi connectivity index (χ3n) is 7.30. The van der Waals surface area contributed by atoms with Gasteiger partial charge in [-0.05, 0) is 54.2 Å². The SMILES string of the molecule is COc1cc2c(cc1OC)CN(C(=O)[C@H](C)NC(CCc1ccccc1)C(=O)O)[C@H](C(=O)OCc1ccccc1)C2. The molecule has 0 bridgehead atoms. The lowest BCUT2D eigenvalue weighted by Crippen LogP contribution is -2.56. The van der Waals surface area contributed by atoms with Crippen molar-refractivity contribution >= 4 is 17.8 Å². The third kappa shape index (κ3) is 7.43. The van der Waals surface area contributed by atoms with Crippen LogP contribution in [0, 0.1) is 0 Å². The lowest BCUT2D eigenvalue weighted by Gasteiger charge is -2.37. The molecule has 1 aliphatic rings. The maximum Gasteiger partial charge on any atom is 0.329 e. The van der Waals surface area contributed by atoms with E-state index in [0.29, 0.717) is 24.3 Å². The maximum atomic E-state index is 13.8. The largest absolute Gasteiger partial charge is 0.493 e. The Kier molecular flexibility index (Phi) is 9.97. The summed E-state index contributed by atoms with van der Waals surface area (Å²) in [5.74, 6) is -0.922. The van der Waals surface area contributed by atoms with E-state index in [1.807, 2.05) is 66.7 Å². The molecule has 1 aliphatic heterocycles. The van der Waals surface area contributed by atoms with Crippen LogP contribution in [0.3, 0.4) is 0 Å². The Labute approximate surface area is 240 Å². The number of amides is 1. The van der Waals surface area contributed by atoms with Crippen LogP contribution < -0.4 is 14.8 Å². The molecular weight excluding hydrogens is 524 g/mol. The van der Waals surface area contributed by atoms with Gasteiger partial charge in [-0.1, -0.05) is 60.7 Å². The number of carboxylic acids is 1. The second-order valence-electron chi connectivity index (χ2n) is 10.1. The van der Waals surface area contributed by atoms with Gasteiger partial charge in [0.15, 0.2) is 11.5 Å². The molecule has 1 unspecified atom stereocenters. The molecule has 3 aromatic carbocycles. The first-order chi connectivity index (χ1) is 19.8. The zero-order valence-corrected chi connectivity index (χ0v) is 23.5. The van der Waals surface area contributed by atoms with Crippen LogP contribution in [-0.4, -0.2) is 60.2 Å². The van der Waals surface area contributed by atoms with Crippen molar-refractivity contribution in [3.63, 3.8) is 0 Å². The minimum Gasteiger partial charge on any atom is -0.493 e. The molecule has 3 aromatic rings. The number of fused-ring (bicyclic) bond motifs is 1. The van der Waals surface area contributed by atoms with Crippen LogP contribution in [-0.2, 0) is 45.1 Å². The highest BCUT2D eigenvalue weighted by Crippen LogP contribution is 2.35. The zero-order valence-electron chi connectivity index (χ0n) is 23.5. The van der Waals surface area contributed by atoms with Gasteiger partial charge in [0, 0.05) is 13.0 Å². The van der Waals surface area contributed by atoms with E-state index < -0.39 is 36.0 Å². The number of carboxylic acid groups (broad SMARTS) is 1. The monoisotopic (exact) mass is 560 g/mol. The lowest BCUT2D eigenvalue weighted by atomic mass is 9.92. The standard InChI is InChI=1S/C32H36N2O7/c1-21(33-26(31(36)37)15-14-22-10-6-4-7-11-22)30(35)34-19-25-18-29(40-3)28(39-2)17-24(25)16-27(34)32(38)41-20-23-12-8-5-9-13-23/h4-13,17-18,21,26-27,33H,14-16,19-20H2,1-3H3,(H,36,37)/t21-,26?,27-/m0/s1. The van der Waals surface area contributed by atoms with Crippen molar-refractivity contribution in [1.82, 2.24) is 10.2 Å². The number of aliphatic carboxylic acids is 1. The summed E-state index contributed by atoms with van der Waals surface area (Å²) >= 11 is 0. The third-order valence-corrected chi connectivity index (χ3v) is 7.30. The molecule has 0 radical (unpaired) electrons. The summed E-state index contributed by atoms with van der Waals surface area (Å²) in [6.07, 6.45) is 1.07. The molecule has 2 N–H and O–H groups in total. The van der Waals surface area contributed by atoms with E-state index in [4.69, 9.17) is 14.2 Å². The van der Waals surface area contributed by atoms with E-state index in [1.54, 1.807) is 20.1 Å². The zero-order chi connectivity index (χ0) is 29.4. The fourth-order valence-electron chi connectivity index (χ4n) is 5.04. The predicted molar refractivity (Wildman–Crippen MR) is 153 cm³/mol. The van der Waals surface area contributed by atoms with Gasteiger partial charge in [-0.3, -0.25) is 14.9 Å². The number of hydrogen-bond acceptors (Lipinski definition) is 7. The Morgan fingerprint density at radius 3 is 2.10 bits per heavy atom. The molecular formula is C32H36N2O7. The van der Waals surface area contributed by atoms with Gasteiger partial charge in [0.2, 0.25) is 5.91 Å². The number of nitrogens with one attached hydrogen (secondary N) is 1. The van der Waals surface area contributed by atoms with Gasteiger partial charge in [0.05, 0.1) is 20.3 Å². The molecule has 1 amide bonds. The van der Waals surface area contributed by atoms with Crippen molar-refractivity contribution in [2.75, 3.05) is 14.2 Å². The van der Waals surface area contributed by atoms with Gasteiger partial charge in [-0.25, -0.2) is 4.79 Å². The first-order valence-corrected chi connectivity index (χ1v) is 13.6. The Morgan fingerprint density at radius 1 is 0.927 bits per heavy atom. The van der Waals surface area contributed by atoms with Crippen molar-refractivity contribution in [1.29, 1.82) is 0 Å². The molecule has 0 aromatic heterocycles. The lowest BCUT2D eigenvalue weighted by molar-refractivity contribution is -0.158. The molecule has 9 heteroatoms. The number of ether oxygens (including phenoxy) is 3. The number of rotatable bonds is 12. The number of benzene rings is 3. The Hall–Kier alpha value is -4.37. The molecule has 9 nitrogen and oxygen atoms in total. The fourth-order valence-corrected chi connectivity index (χ4v) is 5.04. The van der Waals surface area contributed by atoms with Crippen LogP contribution in [0.5, 0.6) is 11.5 Å². The summed E-state index contributed by atoms with van der Waals surface area (Å²) < 4.78 is 16.5. The molecule has 3 atom stereocenters. The highest BCUT2D eigenvalue weighted by molar-refractivity contribution is 5.89. The first kappa shape index (κ1) is 29.6. The summed E-state index contributed by atoms with van der Waals surface area (Å²) in [7, 11) is 3.08. The van der Waals surface area contributed by atoms with Crippen molar-refractivity contribution < 1.29 is 33.7 Å². The van der Waals surface area contributed by atoms with Gasteiger partial charge in [-0.15, -0.1) is 0 Å². The van der Waals surface area contributed by atoms with E-state index in [9.17, 15) is 19.5 Å². The number of carbonyl (C=O) groups excluding carboxylic acids is 2. The van der Waals surface area contributed by atoms with Gasteiger partial charge in [0.25, 0.3) is 0 Å². The Bertz CT molecular complexity index is 1350. The van der Waals surface area contributed by atoms with Crippen LogP contribution >= 0.6 is 0 Å². The van der Waals surface area contributed by atoms with Crippen LogP contribution in [0.25, 0.3) is 0 Å². The first-order valence-electron chi connectivity index (χ1n) is 13.6. The average Bonchev–Trinajstić information content (AvgIpc) is 3.00. The predicted octanol–water partition coefficient (Wildman–Crippen LogP) is 3.76. The smallest absolute Gasteiger partial charge is 0.329 e. The van der Waals surface area contributed by atoms with Crippen LogP contribution in [0.1, 0.15) is 35.6 Å². The average molecular weight is 561 g/mol. The number of carbonyl (C=O) groups is 3. The summed E-state index contributed by atoms with van der Waals surface area (Å²) in [5, 5.41) is 12.8.